The van der Waals surface area contributed by atoms with Crippen LogP contribution in [0.5, 0.6) is 0 Å². The Kier molecular flexibility index (Phi) is 3.02. The van der Waals surface area contributed by atoms with E-state index in [1.807, 2.05) is 0 Å². The van der Waals surface area contributed by atoms with Crippen LogP contribution in [0.2, 0.25) is 0 Å². The number of rotatable bonds is 3. The molecule has 0 saturated heterocycles. The first kappa shape index (κ1) is 9.73. The quantitative estimate of drug-likeness (QED) is 0.665. The van der Waals surface area contributed by atoms with Gasteiger partial charge in [-0.05, 0) is 13.0 Å². The van der Waals surface area contributed by atoms with Crippen LogP contribution in [-0.2, 0) is 7.05 Å². The summed E-state index contributed by atoms with van der Waals surface area (Å²) in [5.74, 6) is -0.221. The van der Waals surface area contributed by atoms with E-state index < -0.39 is 0 Å². The first-order valence-electron chi connectivity index (χ1n) is 4.05. The molecule has 1 rings (SSSR count). The molecule has 1 unspecified atom stereocenters. The lowest BCUT2D eigenvalue weighted by Crippen LogP contribution is -2.36. The van der Waals surface area contributed by atoms with Crippen molar-refractivity contribution in [2.75, 3.05) is 6.61 Å². The number of aromatic nitrogens is 2. The number of aryl methyl sites for hydroxylation is 1. The van der Waals surface area contributed by atoms with Gasteiger partial charge in [0.15, 0.2) is 0 Å². The fourth-order valence-corrected chi connectivity index (χ4v) is 0.940. The number of amides is 1. The second kappa shape index (κ2) is 4.04. The molecule has 1 aromatic rings. The van der Waals surface area contributed by atoms with Crippen LogP contribution >= 0.6 is 0 Å². The molecule has 1 atom stereocenters. The number of nitrogens with one attached hydrogen (secondary N) is 1. The summed E-state index contributed by atoms with van der Waals surface area (Å²) in [7, 11) is 1.69. The van der Waals surface area contributed by atoms with Crippen molar-refractivity contribution >= 4 is 5.91 Å². The van der Waals surface area contributed by atoms with Crippen molar-refractivity contribution in [2.45, 2.75) is 13.0 Å². The van der Waals surface area contributed by atoms with E-state index in [9.17, 15) is 4.79 Å². The molecule has 5 heteroatoms. The van der Waals surface area contributed by atoms with E-state index in [4.69, 9.17) is 5.11 Å². The van der Waals surface area contributed by atoms with E-state index in [-0.39, 0.29) is 18.6 Å². The topological polar surface area (TPSA) is 67.2 Å². The van der Waals surface area contributed by atoms with Crippen LogP contribution in [0, 0.1) is 0 Å². The SMILES string of the molecule is CC(CO)NC(=O)c1ccnn1C. The lowest BCUT2D eigenvalue weighted by Gasteiger charge is -2.10. The Labute approximate surface area is 76.4 Å². The van der Waals surface area contributed by atoms with Crippen molar-refractivity contribution < 1.29 is 9.90 Å². The van der Waals surface area contributed by atoms with Crippen molar-refractivity contribution in [1.29, 1.82) is 0 Å². The third kappa shape index (κ3) is 2.29. The second-order valence-electron chi connectivity index (χ2n) is 2.90. The van der Waals surface area contributed by atoms with Crippen LogP contribution in [0.1, 0.15) is 17.4 Å². The van der Waals surface area contributed by atoms with E-state index in [1.54, 1.807) is 26.2 Å². The second-order valence-corrected chi connectivity index (χ2v) is 2.90. The minimum atomic E-state index is -0.234. The molecule has 0 fully saturated rings. The summed E-state index contributed by atoms with van der Waals surface area (Å²) in [6.45, 7) is 1.66. The van der Waals surface area contributed by atoms with Gasteiger partial charge in [-0.25, -0.2) is 0 Å². The maximum atomic E-state index is 11.4. The van der Waals surface area contributed by atoms with Crippen molar-refractivity contribution in [3.8, 4) is 0 Å². The minimum Gasteiger partial charge on any atom is -0.394 e. The summed E-state index contributed by atoms with van der Waals surface area (Å²) in [5.41, 5.74) is 0.486. The fraction of sp³-hybridized carbons (Fsp3) is 0.500. The van der Waals surface area contributed by atoms with Crippen molar-refractivity contribution in [2.24, 2.45) is 7.05 Å². The lowest BCUT2D eigenvalue weighted by molar-refractivity contribution is 0.0913. The Morgan fingerprint density at radius 2 is 2.54 bits per heavy atom. The molecule has 1 heterocycles. The molecule has 0 aliphatic rings. The zero-order valence-corrected chi connectivity index (χ0v) is 7.69. The van der Waals surface area contributed by atoms with E-state index >= 15 is 0 Å². The first-order chi connectivity index (χ1) is 6.15. The highest BCUT2D eigenvalue weighted by Gasteiger charge is 2.11. The summed E-state index contributed by atoms with van der Waals surface area (Å²) < 4.78 is 1.49. The highest BCUT2D eigenvalue weighted by Crippen LogP contribution is 1.96. The molecule has 1 amide bonds. The molecule has 0 radical (unpaired) electrons. The molecular weight excluding hydrogens is 170 g/mol. The number of aliphatic hydroxyl groups is 1. The number of aliphatic hydroxyl groups excluding tert-OH is 1. The molecular formula is C8H13N3O2. The largest absolute Gasteiger partial charge is 0.394 e. The standard InChI is InChI=1S/C8H13N3O2/c1-6(5-12)10-8(13)7-3-4-9-11(7)2/h3-4,6,12H,5H2,1-2H3,(H,10,13). The van der Waals surface area contributed by atoms with Crippen LogP contribution in [0.4, 0.5) is 0 Å². The molecule has 0 bridgehead atoms. The Hall–Kier alpha value is -1.36. The Bertz CT molecular complexity index is 295. The molecule has 72 valence electrons. The molecule has 13 heavy (non-hydrogen) atoms. The summed E-state index contributed by atoms with van der Waals surface area (Å²) in [5, 5.41) is 15.2. The van der Waals surface area contributed by atoms with Gasteiger partial charge in [0.25, 0.3) is 5.91 Å². The van der Waals surface area contributed by atoms with E-state index in [1.165, 1.54) is 4.68 Å². The van der Waals surface area contributed by atoms with Crippen LogP contribution in [0.3, 0.4) is 0 Å². The molecule has 0 aliphatic carbocycles. The number of hydrogen-bond donors (Lipinski definition) is 2. The van der Waals surface area contributed by atoms with Gasteiger partial charge < -0.3 is 10.4 Å². The van der Waals surface area contributed by atoms with Crippen LogP contribution in [0.25, 0.3) is 0 Å². The van der Waals surface area contributed by atoms with Gasteiger partial charge >= 0.3 is 0 Å². The lowest BCUT2D eigenvalue weighted by atomic mass is 10.3. The summed E-state index contributed by atoms with van der Waals surface area (Å²) in [4.78, 5) is 11.4. The van der Waals surface area contributed by atoms with Gasteiger partial charge in [-0.15, -0.1) is 0 Å². The van der Waals surface area contributed by atoms with E-state index in [2.05, 4.69) is 10.4 Å². The monoisotopic (exact) mass is 183 g/mol. The number of carbonyl (C=O) groups is 1. The third-order valence-corrected chi connectivity index (χ3v) is 1.70. The summed E-state index contributed by atoms with van der Waals surface area (Å²) in [6, 6.07) is 1.39. The number of hydrogen-bond acceptors (Lipinski definition) is 3. The zero-order chi connectivity index (χ0) is 9.84. The van der Waals surface area contributed by atoms with Gasteiger partial charge in [-0.1, -0.05) is 0 Å². The van der Waals surface area contributed by atoms with Gasteiger partial charge in [0.05, 0.1) is 6.61 Å². The normalized spacial score (nSPS) is 12.5. The van der Waals surface area contributed by atoms with Crippen molar-refractivity contribution in [1.82, 2.24) is 15.1 Å². The van der Waals surface area contributed by atoms with Gasteiger partial charge in [0.1, 0.15) is 5.69 Å². The predicted octanol–water partition coefficient (Wildman–Crippen LogP) is -0.469. The third-order valence-electron chi connectivity index (χ3n) is 1.70. The van der Waals surface area contributed by atoms with Crippen molar-refractivity contribution in [3.63, 3.8) is 0 Å². The van der Waals surface area contributed by atoms with Crippen LogP contribution in [0.15, 0.2) is 12.3 Å². The Morgan fingerprint density at radius 1 is 1.85 bits per heavy atom. The maximum absolute atomic E-state index is 11.4. The molecule has 1 aromatic heterocycles. The van der Waals surface area contributed by atoms with Gasteiger partial charge in [0, 0.05) is 19.3 Å². The summed E-state index contributed by atoms with van der Waals surface area (Å²) in [6.07, 6.45) is 1.55. The molecule has 0 aromatic carbocycles. The molecule has 0 aliphatic heterocycles. The van der Waals surface area contributed by atoms with Gasteiger partial charge in [-0.3, -0.25) is 9.48 Å². The molecule has 0 spiro atoms. The Morgan fingerprint density at radius 3 is 3.00 bits per heavy atom. The first-order valence-corrected chi connectivity index (χ1v) is 4.05. The predicted molar refractivity (Wildman–Crippen MR) is 47.2 cm³/mol. The molecule has 0 saturated carbocycles. The molecule has 5 nitrogen and oxygen atoms in total. The smallest absolute Gasteiger partial charge is 0.269 e. The van der Waals surface area contributed by atoms with Crippen LogP contribution < -0.4 is 5.32 Å². The fourth-order valence-electron chi connectivity index (χ4n) is 0.940. The minimum absolute atomic E-state index is 0.0659. The average Bonchev–Trinajstić information content (AvgIpc) is 2.51. The highest BCUT2D eigenvalue weighted by molar-refractivity contribution is 5.92. The van der Waals surface area contributed by atoms with Crippen LogP contribution in [-0.4, -0.2) is 33.4 Å². The Balaban J connectivity index is 2.64. The van der Waals surface area contributed by atoms with E-state index in [0.717, 1.165) is 0 Å². The number of carbonyl (C=O) groups excluding carboxylic acids is 1. The van der Waals surface area contributed by atoms with E-state index in [0.29, 0.717) is 5.69 Å². The average molecular weight is 183 g/mol. The number of nitrogens with zero attached hydrogens (tertiary/aromatic N) is 2. The zero-order valence-electron chi connectivity index (χ0n) is 7.69. The summed E-state index contributed by atoms with van der Waals surface area (Å²) >= 11 is 0. The van der Waals surface area contributed by atoms with Crippen molar-refractivity contribution in [3.05, 3.63) is 18.0 Å². The maximum Gasteiger partial charge on any atom is 0.269 e. The van der Waals surface area contributed by atoms with Gasteiger partial charge in [0.2, 0.25) is 0 Å². The molecule has 2 N–H and O–H groups in total. The van der Waals surface area contributed by atoms with Gasteiger partial charge in [-0.2, -0.15) is 5.10 Å². The highest BCUT2D eigenvalue weighted by atomic mass is 16.3.